The van der Waals surface area contributed by atoms with Crippen LogP contribution < -0.4 is 11.1 Å². The summed E-state index contributed by atoms with van der Waals surface area (Å²) < 4.78 is 1.95. The molecule has 2 aromatic carbocycles. The van der Waals surface area contributed by atoms with Crippen LogP contribution in [0.25, 0.3) is 16.9 Å². The molecule has 4 nitrogen and oxygen atoms in total. The van der Waals surface area contributed by atoms with E-state index in [1.165, 1.54) is 0 Å². The van der Waals surface area contributed by atoms with Crippen LogP contribution in [0.3, 0.4) is 0 Å². The van der Waals surface area contributed by atoms with Crippen molar-refractivity contribution in [3.63, 3.8) is 0 Å². The smallest absolute Gasteiger partial charge is 0.0972 e. The maximum absolute atomic E-state index is 5.59. The molecule has 1 aromatic heterocycles. The van der Waals surface area contributed by atoms with Crippen LogP contribution in [0.5, 0.6) is 0 Å². The van der Waals surface area contributed by atoms with Gasteiger partial charge in [0.25, 0.3) is 0 Å². The Bertz CT molecular complexity index is 689. The maximum Gasteiger partial charge on any atom is 0.0972 e. The average Bonchev–Trinajstić information content (AvgIpc) is 2.98. The molecule has 0 spiro atoms. The van der Waals surface area contributed by atoms with Crippen molar-refractivity contribution in [1.82, 2.24) is 9.78 Å². The van der Waals surface area contributed by atoms with Crippen LogP contribution >= 0.6 is 0 Å². The summed E-state index contributed by atoms with van der Waals surface area (Å²) in [6.45, 7) is 1.31. The van der Waals surface area contributed by atoms with Gasteiger partial charge < -0.3 is 11.1 Å². The van der Waals surface area contributed by atoms with Gasteiger partial charge in [0.2, 0.25) is 0 Å². The Hall–Kier alpha value is -2.59. The van der Waals surface area contributed by atoms with E-state index in [1.807, 2.05) is 59.4 Å². The summed E-state index contributed by atoms with van der Waals surface area (Å²) in [5, 5.41) is 7.87. The van der Waals surface area contributed by atoms with Crippen LogP contribution in [0.15, 0.2) is 66.9 Å². The molecule has 0 atom stereocenters. The van der Waals surface area contributed by atoms with Gasteiger partial charge in [-0.15, -0.1) is 0 Å². The summed E-state index contributed by atoms with van der Waals surface area (Å²) in [4.78, 5) is 0. The zero-order chi connectivity index (χ0) is 14.5. The Kier molecular flexibility index (Phi) is 3.98. The zero-order valence-electron chi connectivity index (χ0n) is 11.7. The molecule has 3 aromatic rings. The highest BCUT2D eigenvalue weighted by Crippen LogP contribution is 2.30. The molecular weight excluding hydrogens is 260 g/mol. The Balaban J connectivity index is 2.11. The van der Waals surface area contributed by atoms with Gasteiger partial charge in [-0.05, 0) is 12.1 Å². The molecule has 3 rings (SSSR count). The number of anilines is 1. The van der Waals surface area contributed by atoms with Crippen molar-refractivity contribution in [3.8, 4) is 16.9 Å². The number of benzene rings is 2. The molecule has 3 N–H and O–H groups in total. The van der Waals surface area contributed by atoms with Gasteiger partial charge in [-0.2, -0.15) is 5.10 Å². The fourth-order valence-corrected chi connectivity index (χ4v) is 2.32. The SMILES string of the molecule is NCCNc1cnn(-c2ccccc2)c1-c1ccccc1. The van der Waals surface area contributed by atoms with Crippen LogP contribution in [-0.2, 0) is 0 Å². The fraction of sp³-hybridized carbons (Fsp3) is 0.118. The van der Waals surface area contributed by atoms with Gasteiger partial charge in [-0.1, -0.05) is 48.5 Å². The van der Waals surface area contributed by atoms with E-state index >= 15 is 0 Å². The standard InChI is InChI=1S/C17H18N4/c18-11-12-19-16-13-20-21(15-9-5-2-6-10-15)17(16)14-7-3-1-4-8-14/h1-10,13,19H,11-12,18H2. The van der Waals surface area contributed by atoms with E-state index in [2.05, 4.69) is 22.5 Å². The predicted molar refractivity (Wildman–Crippen MR) is 86.5 cm³/mol. The highest BCUT2D eigenvalue weighted by molar-refractivity contribution is 5.76. The van der Waals surface area contributed by atoms with Gasteiger partial charge in [0, 0.05) is 18.7 Å². The lowest BCUT2D eigenvalue weighted by molar-refractivity contribution is 0.888. The van der Waals surface area contributed by atoms with Crippen LogP contribution in [0.4, 0.5) is 5.69 Å². The van der Waals surface area contributed by atoms with Crippen molar-refractivity contribution >= 4 is 5.69 Å². The Labute approximate surface area is 124 Å². The highest BCUT2D eigenvalue weighted by atomic mass is 15.3. The lowest BCUT2D eigenvalue weighted by atomic mass is 10.1. The molecule has 1 heterocycles. The van der Waals surface area contributed by atoms with Gasteiger partial charge in [0.1, 0.15) is 0 Å². The van der Waals surface area contributed by atoms with Crippen molar-refractivity contribution in [2.45, 2.75) is 0 Å². The monoisotopic (exact) mass is 278 g/mol. The molecule has 21 heavy (non-hydrogen) atoms. The third-order valence-corrected chi connectivity index (χ3v) is 3.28. The molecule has 0 aliphatic carbocycles. The molecule has 0 aliphatic heterocycles. The number of nitrogens with one attached hydrogen (secondary N) is 1. The minimum atomic E-state index is 0.588. The summed E-state index contributed by atoms with van der Waals surface area (Å²) in [5.41, 5.74) is 9.80. The number of nitrogens with two attached hydrogens (primary N) is 1. The molecule has 0 radical (unpaired) electrons. The van der Waals surface area contributed by atoms with Gasteiger partial charge >= 0.3 is 0 Å². The minimum absolute atomic E-state index is 0.588. The molecular formula is C17H18N4. The van der Waals surface area contributed by atoms with Crippen molar-refractivity contribution in [2.24, 2.45) is 5.73 Å². The van der Waals surface area contributed by atoms with E-state index in [0.29, 0.717) is 6.54 Å². The average molecular weight is 278 g/mol. The number of nitrogens with zero attached hydrogens (tertiary/aromatic N) is 2. The Morgan fingerprint density at radius 1 is 0.952 bits per heavy atom. The molecule has 4 heteroatoms. The van der Waals surface area contributed by atoms with Crippen molar-refractivity contribution in [1.29, 1.82) is 0 Å². The maximum atomic E-state index is 5.59. The van der Waals surface area contributed by atoms with Gasteiger partial charge in [-0.25, -0.2) is 4.68 Å². The quantitative estimate of drug-likeness (QED) is 0.754. The number of para-hydroxylation sites is 1. The second-order valence-corrected chi connectivity index (χ2v) is 4.74. The van der Waals surface area contributed by atoms with Crippen LogP contribution in [-0.4, -0.2) is 22.9 Å². The van der Waals surface area contributed by atoms with E-state index in [9.17, 15) is 0 Å². The number of rotatable bonds is 5. The van der Waals surface area contributed by atoms with Gasteiger partial charge in [0.05, 0.1) is 23.3 Å². The van der Waals surface area contributed by atoms with E-state index < -0.39 is 0 Å². The molecule has 0 amide bonds. The molecule has 0 fully saturated rings. The highest BCUT2D eigenvalue weighted by Gasteiger charge is 2.13. The zero-order valence-corrected chi connectivity index (χ0v) is 11.7. The lowest BCUT2D eigenvalue weighted by Crippen LogP contribution is -2.13. The second-order valence-electron chi connectivity index (χ2n) is 4.74. The third kappa shape index (κ3) is 2.80. The van der Waals surface area contributed by atoms with Crippen LogP contribution in [0.1, 0.15) is 0 Å². The number of hydrogen-bond acceptors (Lipinski definition) is 3. The third-order valence-electron chi connectivity index (χ3n) is 3.28. The van der Waals surface area contributed by atoms with Crippen molar-refractivity contribution in [2.75, 3.05) is 18.4 Å². The number of hydrogen-bond donors (Lipinski definition) is 2. The van der Waals surface area contributed by atoms with Crippen LogP contribution in [0.2, 0.25) is 0 Å². The lowest BCUT2D eigenvalue weighted by Gasteiger charge is -2.11. The van der Waals surface area contributed by atoms with E-state index in [-0.39, 0.29) is 0 Å². The van der Waals surface area contributed by atoms with E-state index in [4.69, 9.17) is 5.73 Å². The summed E-state index contributed by atoms with van der Waals surface area (Å²) in [6.07, 6.45) is 1.85. The van der Waals surface area contributed by atoms with Crippen LogP contribution in [0, 0.1) is 0 Å². The number of aromatic nitrogens is 2. The Morgan fingerprint density at radius 2 is 1.62 bits per heavy atom. The van der Waals surface area contributed by atoms with E-state index in [1.54, 1.807) is 0 Å². The molecule has 0 bridgehead atoms. The van der Waals surface area contributed by atoms with Crippen molar-refractivity contribution in [3.05, 3.63) is 66.9 Å². The topological polar surface area (TPSA) is 55.9 Å². The molecule has 0 saturated carbocycles. The fourth-order valence-electron chi connectivity index (χ4n) is 2.32. The predicted octanol–water partition coefficient (Wildman–Crippen LogP) is 2.91. The summed E-state index contributed by atoms with van der Waals surface area (Å²) in [6, 6.07) is 20.4. The summed E-state index contributed by atoms with van der Waals surface area (Å²) in [7, 11) is 0. The summed E-state index contributed by atoms with van der Waals surface area (Å²) >= 11 is 0. The first-order valence-corrected chi connectivity index (χ1v) is 7.03. The Morgan fingerprint density at radius 3 is 2.29 bits per heavy atom. The summed E-state index contributed by atoms with van der Waals surface area (Å²) in [5.74, 6) is 0. The van der Waals surface area contributed by atoms with Gasteiger partial charge in [-0.3, -0.25) is 0 Å². The van der Waals surface area contributed by atoms with Crippen molar-refractivity contribution < 1.29 is 0 Å². The first kappa shape index (κ1) is 13.4. The van der Waals surface area contributed by atoms with E-state index in [0.717, 1.165) is 29.2 Å². The first-order chi connectivity index (χ1) is 10.4. The molecule has 106 valence electrons. The molecule has 0 saturated heterocycles. The largest absolute Gasteiger partial charge is 0.381 e. The molecule has 0 unspecified atom stereocenters. The van der Waals surface area contributed by atoms with Gasteiger partial charge in [0.15, 0.2) is 0 Å². The molecule has 0 aliphatic rings. The first-order valence-electron chi connectivity index (χ1n) is 7.03. The second kappa shape index (κ2) is 6.24. The normalized spacial score (nSPS) is 10.5. The minimum Gasteiger partial charge on any atom is -0.381 e.